The van der Waals surface area contributed by atoms with E-state index in [1.54, 1.807) is 17.0 Å². The van der Waals surface area contributed by atoms with E-state index in [-0.39, 0.29) is 36.3 Å². The minimum absolute atomic E-state index is 0.134. The van der Waals surface area contributed by atoms with Crippen LogP contribution in [0.15, 0.2) is 29.2 Å². The molecule has 1 N–H and O–H groups in total. The molecule has 138 valence electrons. The van der Waals surface area contributed by atoms with Gasteiger partial charge in [-0.05, 0) is 36.6 Å². The fourth-order valence-electron chi connectivity index (χ4n) is 2.93. The van der Waals surface area contributed by atoms with Crippen LogP contribution >= 0.6 is 0 Å². The van der Waals surface area contributed by atoms with Crippen LogP contribution in [0.3, 0.4) is 0 Å². The van der Waals surface area contributed by atoms with Crippen LogP contribution in [0.4, 0.5) is 0 Å². The van der Waals surface area contributed by atoms with Gasteiger partial charge in [0.15, 0.2) is 9.84 Å². The summed E-state index contributed by atoms with van der Waals surface area (Å²) >= 11 is 0. The molecule has 2 unspecified atom stereocenters. The van der Waals surface area contributed by atoms with Crippen LogP contribution in [-0.2, 0) is 19.4 Å². The zero-order valence-corrected chi connectivity index (χ0v) is 15.2. The minimum atomic E-state index is -3.25. The van der Waals surface area contributed by atoms with Crippen LogP contribution in [0, 0.1) is 11.8 Å². The van der Waals surface area contributed by atoms with Crippen molar-refractivity contribution in [1.29, 1.82) is 0 Å². The van der Waals surface area contributed by atoms with Crippen molar-refractivity contribution < 1.29 is 27.9 Å². The van der Waals surface area contributed by atoms with E-state index in [0.29, 0.717) is 18.7 Å². The lowest BCUT2D eigenvalue weighted by molar-refractivity contribution is -0.147. The van der Waals surface area contributed by atoms with Gasteiger partial charge in [0.05, 0.1) is 23.8 Å². The van der Waals surface area contributed by atoms with Crippen molar-refractivity contribution in [2.24, 2.45) is 11.8 Å². The summed E-state index contributed by atoms with van der Waals surface area (Å²) in [5.41, 5.74) is 0. The van der Waals surface area contributed by atoms with E-state index < -0.39 is 21.7 Å². The molecule has 1 saturated heterocycles. The Bertz CT molecular complexity index is 728. The van der Waals surface area contributed by atoms with Crippen LogP contribution in [0.25, 0.3) is 0 Å². The number of hydrogen-bond donors (Lipinski definition) is 1. The number of carbonyl (C=O) groups excluding carboxylic acids is 1. The van der Waals surface area contributed by atoms with Crippen LogP contribution < -0.4 is 4.74 Å². The van der Waals surface area contributed by atoms with E-state index in [0.717, 1.165) is 6.26 Å². The molecule has 1 aromatic carbocycles. The molecule has 1 aromatic rings. The van der Waals surface area contributed by atoms with Crippen molar-refractivity contribution in [2.45, 2.75) is 24.7 Å². The standard InChI is InChI=1S/C17H23NO6S/c1-12-9-13(17(20)21)11-18(10-12)16(19)7-8-24-14-3-5-15(6-4-14)25(2,22)23/h3-6,12-13H,7-11H2,1-2H3,(H,20,21). The third-order valence-corrected chi connectivity index (χ3v) is 5.33. The Kier molecular flexibility index (Phi) is 6.05. The fraction of sp³-hybridized carbons (Fsp3) is 0.529. The smallest absolute Gasteiger partial charge is 0.308 e. The SMILES string of the molecule is CC1CC(C(=O)O)CN(C(=O)CCOc2ccc(S(C)(=O)=O)cc2)C1. The molecule has 0 aliphatic carbocycles. The van der Waals surface area contributed by atoms with Gasteiger partial charge in [-0.1, -0.05) is 6.92 Å². The first-order chi connectivity index (χ1) is 11.7. The summed E-state index contributed by atoms with van der Waals surface area (Å²) in [5.74, 6) is -0.881. The molecule has 0 bridgehead atoms. The number of amides is 1. The second kappa shape index (κ2) is 7.86. The van der Waals surface area contributed by atoms with Gasteiger partial charge >= 0.3 is 5.97 Å². The Hall–Kier alpha value is -2.09. The predicted molar refractivity (Wildman–Crippen MR) is 91.2 cm³/mol. The molecule has 0 radical (unpaired) electrons. The zero-order valence-electron chi connectivity index (χ0n) is 14.3. The summed E-state index contributed by atoms with van der Waals surface area (Å²) in [5, 5.41) is 9.15. The molecular formula is C17H23NO6S. The van der Waals surface area contributed by atoms with Gasteiger partial charge in [-0.2, -0.15) is 0 Å². The Balaban J connectivity index is 1.84. The first-order valence-electron chi connectivity index (χ1n) is 8.10. The normalized spacial score (nSPS) is 21.0. The second-order valence-electron chi connectivity index (χ2n) is 6.52. The van der Waals surface area contributed by atoms with Crippen LogP contribution in [0.5, 0.6) is 5.75 Å². The highest BCUT2D eigenvalue weighted by atomic mass is 32.2. The number of likely N-dealkylation sites (tertiary alicyclic amines) is 1. The molecule has 0 saturated carbocycles. The molecule has 7 nitrogen and oxygen atoms in total. The first-order valence-corrected chi connectivity index (χ1v) is 9.99. The number of carbonyl (C=O) groups is 2. The van der Waals surface area contributed by atoms with E-state index >= 15 is 0 Å². The van der Waals surface area contributed by atoms with Crippen LogP contribution in [0.2, 0.25) is 0 Å². The van der Waals surface area contributed by atoms with Crippen molar-refractivity contribution in [3.05, 3.63) is 24.3 Å². The number of sulfone groups is 1. The van der Waals surface area contributed by atoms with Gasteiger partial charge in [-0.25, -0.2) is 8.42 Å². The Labute approximate surface area is 147 Å². The summed E-state index contributed by atoms with van der Waals surface area (Å²) in [7, 11) is -3.25. The Morgan fingerprint density at radius 1 is 1.24 bits per heavy atom. The van der Waals surface area contributed by atoms with E-state index in [9.17, 15) is 18.0 Å². The maximum Gasteiger partial charge on any atom is 0.308 e. The van der Waals surface area contributed by atoms with E-state index in [1.165, 1.54) is 12.1 Å². The zero-order chi connectivity index (χ0) is 18.6. The number of carboxylic acid groups (broad SMARTS) is 1. The van der Waals surface area contributed by atoms with Gasteiger partial charge in [0.1, 0.15) is 5.75 Å². The number of benzene rings is 1. The topological polar surface area (TPSA) is 101 Å². The number of ether oxygens (including phenoxy) is 1. The van der Waals surface area contributed by atoms with Gasteiger partial charge in [0.25, 0.3) is 0 Å². The Morgan fingerprint density at radius 2 is 1.88 bits per heavy atom. The van der Waals surface area contributed by atoms with Gasteiger partial charge in [-0.3, -0.25) is 9.59 Å². The number of nitrogens with zero attached hydrogens (tertiary/aromatic N) is 1. The molecule has 1 amide bonds. The summed E-state index contributed by atoms with van der Waals surface area (Å²) in [6.07, 6.45) is 1.86. The van der Waals surface area contributed by atoms with E-state index in [1.807, 2.05) is 6.92 Å². The van der Waals surface area contributed by atoms with Crippen molar-refractivity contribution in [3.63, 3.8) is 0 Å². The van der Waals surface area contributed by atoms with Crippen molar-refractivity contribution in [1.82, 2.24) is 4.90 Å². The molecule has 1 aliphatic heterocycles. The third kappa shape index (κ3) is 5.45. The van der Waals surface area contributed by atoms with Crippen LogP contribution in [0.1, 0.15) is 19.8 Å². The summed E-state index contributed by atoms with van der Waals surface area (Å²) < 4.78 is 28.3. The van der Waals surface area contributed by atoms with Gasteiger partial charge in [0.2, 0.25) is 5.91 Å². The molecule has 0 spiro atoms. The summed E-state index contributed by atoms with van der Waals surface area (Å²) in [6.45, 7) is 2.89. The largest absolute Gasteiger partial charge is 0.493 e. The lowest BCUT2D eigenvalue weighted by Crippen LogP contribution is -2.45. The van der Waals surface area contributed by atoms with Crippen molar-refractivity contribution >= 4 is 21.7 Å². The number of rotatable bonds is 6. The maximum atomic E-state index is 12.3. The second-order valence-corrected chi connectivity index (χ2v) is 8.53. The average Bonchev–Trinajstić information content (AvgIpc) is 2.53. The third-order valence-electron chi connectivity index (χ3n) is 4.20. The molecule has 2 atom stereocenters. The van der Waals surface area contributed by atoms with Crippen molar-refractivity contribution in [3.8, 4) is 5.75 Å². The molecule has 1 aliphatic rings. The Morgan fingerprint density at radius 3 is 2.44 bits per heavy atom. The number of aliphatic carboxylic acids is 1. The highest BCUT2D eigenvalue weighted by Gasteiger charge is 2.31. The summed E-state index contributed by atoms with van der Waals surface area (Å²) in [6, 6.07) is 6.00. The molecule has 1 heterocycles. The van der Waals surface area contributed by atoms with Gasteiger partial charge < -0.3 is 14.7 Å². The highest BCUT2D eigenvalue weighted by Crippen LogP contribution is 2.22. The minimum Gasteiger partial charge on any atom is -0.493 e. The predicted octanol–water partition coefficient (Wildman–Crippen LogP) is 1.43. The average molecular weight is 369 g/mol. The monoisotopic (exact) mass is 369 g/mol. The van der Waals surface area contributed by atoms with E-state index in [4.69, 9.17) is 9.84 Å². The number of piperidine rings is 1. The maximum absolute atomic E-state index is 12.3. The number of hydrogen-bond acceptors (Lipinski definition) is 5. The molecular weight excluding hydrogens is 346 g/mol. The molecule has 2 rings (SSSR count). The van der Waals surface area contributed by atoms with Crippen molar-refractivity contribution in [2.75, 3.05) is 26.0 Å². The summed E-state index contributed by atoms with van der Waals surface area (Å²) in [4.78, 5) is 25.2. The molecule has 25 heavy (non-hydrogen) atoms. The quantitative estimate of drug-likeness (QED) is 0.814. The van der Waals surface area contributed by atoms with E-state index in [2.05, 4.69) is 0 Å². The highest BCUT2D eigenvalue weighted by molar-refractivity contribution is 7.90. The first kappa shape index (κ1) is 19.2. The lowest BCUT2D eigenvalue weighted by Gasteiger charge is -2.34. The molecule has 0 aromatic heterocycles. The van der Waals surface area contributed by atoms with Gasteiger partial charge in [-0.15, -0.1) is 0 Å². The number of carboxylic acids is 1. The fourth-order valence-corrected chi connectivity index (χ4v) is 3.56. The molecule has 8 heteroatoms. The lowest BCUT2D eigenvalue weighted by atomic mass is 9.90. The van der Waals surface area contributed by atoms with Gasteiger partial charge in [0, 0.05) is 19.3 Å². The molecule has 1 fully saturated rings. The van der Waals surface area contributed by atoms with Crippen LogP contribution in [-0.4, -0.2) is 56.3 Å².